The Balaban J connectivity index is 2.78. The molecule has 1 N–H and O–H groups in total. The molecule has 1 amide bonds. The van der Waals surface area contributed by atoms with Crippen molar-refractivity contribution in [2.45, 2.75) is 18.9 Å². The Morgan fingerprint density at radius 3 is 2.43 bits per heavy atom. The summed E-state index contributed by atoms with van der Waals surface area (Å²) in [6, 6.07) is 2.36. The van der Waals surface area contributed by atoms with Crippen LogP contribution in [0.4, 0.5) is 8.78 Å². The van der Waals surface area contributed by atoms with Gasteiger partial charge < -0.3 is 10.1 Å². The summed E-state index contributed by atoms with van der Waals surface area (Å²) in [5.41, 5.74) is -0.351. The quantitative estimate of drug-likeness (QED) is 0.791. The van der Waals surface area contributed by atoms with Crippen LogP contribution in [0.15, 0.2) is 29.3 Å². The van der Waals surface area contributed by atoms with Crippen molar-refractivity contribution in [1.29, 1.82) is 0 Å². The third kappa shape index (κ3) is 5.26. The number of hydrogen-bond donors (Lipinski definition) is 1. The first-order valence-electron chi connectivity index (χ1n) is 5.98. The number of carbonyl (C=O) groups is 2. The van der Waals surface area contributed by atoms with Crippen LogP contribution in [0.2, 0.25) is 0 Å². The zero-order valence-corrected chi connectivity index (χ0v) is 12.9. The molecule has 0 unspecified atom stereocenters. The number of nitrogens with one attached hydrogen (secondary N) is 1. The third-order valence-corrected chi connectivity index (χ3v) is 2.97. The monoisotopic (exact) mass is 361 g/mol. The van der Waals surface area contributed by atoms with Gasteiger partial charge in [0, 0.05) is 12.0 Å². The predicted molar refractivity (Wildman–Crippen MR) is 76.7 cm³/mol. The van der Waals surface area contributed by atoms with Crippen molar-refractivity contribution in [1.82, 2.24) is 5.32 Å². The van der Waals surface area contributed by atoms with E-state index in [1.807, 2.05) is 0 Å². The van der Waals surface area contributed by atoms with Gasteiger partial charge in [0.15, 0.2) is 0 Å². The van der Waals surface area contributed by atoms with Gasteiger partial charge in [-0.05, 0) is 16.6 Å². The van der Waals surface area contributed by atoms with Gasteiger partial charge in [0.1, 0.15) is 17.7 Å². The zero-order chi connectivity index (χ0) is 16.0. The Morgan fingerprint density at radius 1 is 1.38 bits per heavy atom. The lowest BCUT2D eigenvalue weighted by molar-refractivity contribution is -0.144. The van der Waals surface area contributed by atoms with Crippen LogP contribution in [0, 0.1) is 11.6 Å². The molecule has 0 aromatic heterocycles. The van der Waals surface area contributed by atoms with Crippen LogP contribution in [0.1, 0.15) is 12.0 Å². The molecule has 4 nitrogen and oxygen atoms in total. The highest BCUT2D eigenvalue weighted by Gasteiger charge is 2.23. The van der Waals surface area contributed by atoms with Crippen LogP contribution >= 0.6 is 15.9 Å². The maximum Gasteiger partial charge on any atom is 0.328 e. The molecule has 1 atom stereocenters. The van der Waals surface area contributed by atoms with Crippen molar-refractivity contribution in [3.63, 3.8) is 0 Å². The fourth-order valence-corrected chi connectivity index (χ4v) is 1.99. The first-order valence-corrected chi connectivity index (χ1v) is 6.77. The average molecular weight is 362 g/mol. The van der Waals surface area contributed by atoms with Gasteiger partial charge in [0.25, 0.3) is 0 Å². The van der Waals surface area contributed by atoms with Crippen molar-refractivity contribution in [3.05, 3.63) is 46.5 Å². The SMILES string of the molecule is C=C(Br)C[C@@H](NC(=O)Cc1c(F)cccc1F)C(=O)OC. The molecular formula is C14H14BrF2NO3. The standard InChI is InChI=1S/C14H14BrF2NO3/c1-8(15)6-12(14(20)21-2)18-13(19)7-9-10(16)4-3-5-11(9)17/h3-5,12H,1,6-7H2,2H3,(H,18,19)/t12-/m1/s1. The van der Waals surface area contributed by atoms with E-state index in [0.29, 0.717) is 4.48 Å². The fourth-order valence-electron chi connectivity index (χ4n) is 1.66. The number of amides is 1. The number of carbonyl (C=O) groups excluding carboxylic acids is 2. The summed E-state index contributed by atoms with van der Waals surface area (Å²) < 4.78 is 31.9. The number of halogens is 3. The minimum atomic E-state index is -0.968. The van der Waals surface area contributed by atoms with Gasteiger partial charge in [-0.2, -0.15) is 0 Å². The van der Waals surface area contributed by atoms with Gasteiger partial charge in [-0.1, -0.05) is 28.6 Å². The number of methoxy groups -OCH3 is 1. The largest absolute Gasteiger partial charge is 0.467 e. The number of benzene rings is 1. The summed E-state index contributed by atoms with van der Waals surface area (Å²) in [4.78, 5) is 23.4. The molecule has 0 aliphatic carbocycles. The van der Waals surface area contributed by atoms with E-state index < -0.39 is 36.0 Å². The Hall–Kier alpha value is -1.76. The second kappa shape index (κ2) is 7.87. The van der Waals surface area contributed by atoms with Crippen molar-refractivity contribution < 1.29 is 23.1 Å². The van der Waals surface area contributed by atoms with Gasteiger partial charge in [-0.15, -0.1) is 0 Å². The topological polar surface area (TPSA) is 55.4 Å². The summed E-state index contributed by atoms with van der Waals surface area (Å²) in [5, 5.41) is 2.36. The second-order valence-electron chi connectivity index (χ2n) is 4.24. The second-order valence-corrected chi connectivity index (χ2v) is 5.36. The summed E-state index contributed by atoms with van der Waals surface area (Å²) in [6.07, 6.45) is -0.404. The molecule has 0 saturated carbocycles. The molecule has 0 radical (unpaired) electrons. The molecule has 114 valence electrons. The maximum atomic E-state index is 13.4. The van der Waals surface area contributed by atoms with E-state index in [9.17, 15) is 18.4 Å². The Morgan fingerprint density at radius 2 is 1.95 bits per heavy atom. The molecule has 0 aliphatic rings. The molecule has 0 bridgehead atoms. The number of rotatable bonds is 6. The van der Waals surface area contributed by atoms with Crippen LogP contribution in [-0.4, -0.2) is 25.0 Å². The minimum Gasteiger partial charge on any atom is -0.467 e. The molecule has 0 fully saturated rings. The molecule has 1 aromatic carbocycles. The van der Waals surface area contributed by atoms with Gasteiger partial charge in [0.05, 0.1) is 13.5 Å². The van der Waals surface area contributed by atoms with E-state index in [1.165, 1.54) is 13.2 Å². The van der Waals surface area contributed by atoms with Crippen LogP contribution < -0.4 is 5.32 Å². The molecule has 1 rings (SSSR count). The Bertz CT molecular complexity index is 543. The van der Waals surface area contributed by atoms with E-state index in [0.717, 1.165) is 12.1 Å². The van der Waals surface area contributed by atoms with Crippen molar-refractivity contribution in [3.8, 4) is 0 Å². The van der Waals surface area contributed by atoms with Crippen molar-refractivity contribution in [2.75, 3.05) is 7.11 Å². The highest BCUT2D eigenvalue weighted by Crippen LogP contribution is 2.14. The summed E-state index contributed by atoms with van der Waals surface area (Å²) >= 11 is 3.08. The molecule has 0 saturated heterocycles. The van der Waals surface area contributed by atoms with E-state index in [4.69, 9.17) is 0 Å². The average Bonchev–Trinajstić information content (AvgIpc) is 2.41. The highest BCUT2D eigenvalue weighted by atomic mass is 79.9. The third-order valence-electron chi connectivity index (χ3n) is 2.65. The van der Waals surface area contributed by atoms with Gasteiger partial charge in [0.2, 0.25) is 5.91 Å². The molecule has 0 heterocycles. The lowest BCUT2D eigenvalue weighted by Crippen LogP contribution is -2.42. The van der Waals surface area contributed by atoms with Crippen molar-refractivity contribution >= 4 is 27.8 Å². The molecule has 1 aromatic rings. The van der Waals surface area contributed by atoms with Gasteiger partial charge >= 0.3 is 5.97 Å². The first kappa shape index (κ1) is 17.3. The number of hydrogen-bond acceptors (Lipinski definition) is 3. The molecule has 21 heavy (non-hydrogen) atoms. The summed E-state index contributed by atoms with van der Waals surface area (Å²) in [7, 11) is 1.18. The first-order chi connectivity index (χ1) is 9.85. The number of esters is 1. The van der Waals surface area contributed by atoms with Crippen molar-refractivity contribution in [2.24, 2.45) is 0 Å². The Kier molecular flexibility index (Phi) is 6.48. The minimum absolute atomic E-state index is 0.109. The van der Waals surface area contributed by atoms with Crippen LogP contribution in [0.5, 0.6) is 0 Å². The van der Waals surface area contributed by atoms with Crippen LogP contribution in [-0.2, 0) is 20.7 Å². The molecule has 7 heteroatoms. The molecular weight excluding hydrogens is 348 g/mol. The van der Waals surface area contributed by atoms with Crippen LogP contribution in [0.3, 0.4) is 0 Å². The normalized spacial score (nSPS) is 11.6. The van der Waals surface area contributed by atoms with Gasteiger partial charge in [-0.25, -0.2) is 13.6 Å². The Labute approximate surface area is 129 Å². The lowest BCUT2D eigenvalue weighted by Gasteiger charge is -2.16. The van der Waals surface area contributed by atoms with E-state index in [-0.39, 0.29) is 12.0 Å². The maximum absolute atomic E-state index is 13.4. The van der Waals surface area contributed by atoms with E-state index >= 15 is 0 Å². The zero-order valence-electron chi connectivity index (χ0n) is 11.3. The fraction of sp³-hybridized carbons (Fsp3) is 0.286. The van der Waals surface area contributed by atoms with Gasteiger partial charge in [-0.3, -0.25) is 4.79 Å². The van der Waals surface area contributed by atoms with Crippen LogP contribution in [0.25, 0.3) is 0 Å². The molecule has 0 aliphatic heterocycles. The predicted octanol–water partition coefficient (Wildman–Crippen LogP) is 2.46. The highest BCUT2D eigenvalue weighted by molar-refractivity contribution is 9.11. The summed E-state index contributed by atoms with van der Waals surface area (Å²) in [6.45, 7) is 3.57. The summed E-state index contributed by atoms with van der Waals surface area (Å²) in [5.74, 6) is -2.99. The van der Waals surface area contributed by atoms with E-state index in [2.05, 4.69) is 32.6 Å². The number of ether oxygens (including phenoxy) is 1. The smallest absolute Gasteiger partial charge is 0.328 e. The lowest BCUT2D eigenvalue weighted by atomic mass is 10.1. The van der Waals surface area contributed by atoms with E-state index in [1.54, 1.807) is 0 Å². The molecule has 0 spiro atoms.